The van der Waals surface area contributed by atoms with Crippen LogP contribution in [0.4, 0.5) is 4.79 Å². The number of benzene rings is 1. The van der Waals surface area contributed by atoms with Crippen molar-refractivity contribution in [1.82, 2.24) is 15.3 Å². The molecule has 2 aliphatic rings. The molecule has 0 radical (unpaired) electrons. The maximum Gasteiger partial charge on any atom is 0.337 e. The molecule has 2 unspecified atom stereocenters. The number of hydrogen-bond donors (Lipinski definition) is 1. The standard InChI is InChI=1S/C16H21N3O2S2/c1-11-3-5-13(6-4-11)14-12(2)19(16(22)23-14)15(20)17-18-7-9-21-10-8-18/h3-6,12,14H,7-10H2,1-2H3,(H,17,20). The number of thiocarbonyl (C=S) groups is 1. The minimum absolute atomic E-state index is 0.0243. The van der Waals surface area contributed by atoms with Crippen LogP contribution in [-0.4, -0.2) is 52.6 Å². The average molecular weight is 351 g/mol. The fourth-order valence-electron chi connectivity index (χ4n) is 2.80. The number of aryl methyl sites for hydroxylation is 1. The van der Waals surface area contributed by atoms with Crippen LogP contribution in [0.25, 0.3) is 0 Å². The first kappa shape index (κ1) is 16.7. The highest BCUT2D eigenvalue weighted by atomic mass is 32.2. The third kappa shape index (κ3) is 3.68. The van der Waals surface area contributed by atoms with Gasteiger partial charge in [0.25, 0.3) is 0 Å². The van der Waals surface area contributed by atoms with E-state index in [9.17, 15) is 4.79 Å². The minimum atomic E-state index is -0.147. The van der Waals surface area contributed by atoms with E-state index in [2.05, 4.69) is 43.5 Å². The summed E-state index contributed by atoms with van der Waals surface area (Å²) >= 11 is 7.03. The molecule has 0 saturated carbocycles. The first-order valence-corrected chi connectivity index (χ1v) is 9.05. The Labute approximate surface area is 146 Å². The van der Waals surface area contributed by atoms with Crippen molar-refractivity contribution >= 4 is 34.3 Å². The third-order valence-corrected chi connectivity index (χ3v) is 5.96. The second kappa shape index (κ2) is 7.17. The Kier molecular flexibility index (Phi) is 5.21. The van der Waals surface area contributed by atoms with E-state index in [1.54, 1.807) is 16.7 Å². The van der Waals surface area contributed by atoms with Crippen molar-refractivity contribution in [3.05, 3.63) is 35.4 Å². The summed E-state index contributed by atoms with van der Waals surface area (Å²) in [6.45, 7) is 6.81. The van der Waals surface area contributed by atoms with Crippen LogP contribution in [0.5, 0.6) is 0 Å². The first-order chi connectivity index (χ1) is 11.1. The van der Waals surface area contributed by atoms with Crippen LogP contribution < -0.4 is 5.43 Å². The molecular formula is C16H21N3O2S2. The van der Waals surface area contributed by atoms with Gasteiger partial charge in [-0.3, -0.25) is 10.3 Å². The van der Waals surface area contributed by atoms with Crippen molar-refractivity contribution in [2.24, 2.45) is 0 Å². The number of thioether (sulfide) groups is 1. The monoisotopic (exact) mass is 351 g/mol. The molecule has 7 heteroatoms. The maximum absolute atomic E-state index is 12.6. The number of carbonyl (C=O) groups is 1. The van der Waals surface area contributed by atoms with E-state index in [1.807, 2.05) is 5.01 Å². The zero-order valence-electron chi connectivity index (χ0n) is 13.3. The number of rotatable bonds is 2. The molecule has 0 spiro atoms. The molecule has 5 nitrogen and oxygen atoms in total. The second-order valence-corrected chi connectivity index (χ2v) is 7.62. The molecule has 2 aliphatic heterocycles. The van der Waals surface area contributed by atoms with E-state index < -0.39 is 0 Å². The van der Waals surface area contributed by atoms with Gasteiger partial charge in [-0.25, -0.2) is 9.80 Å². The van der Waals surface area contributed by atoms with E-state index in [1.165, 1.54) is 11.1 Å². The largest absolute Gasteiger partial charge is 0.379 e. The lowest BCUT2D eigenvalue weighted by molar-refractivity contribution is 0.0172. The molecule has 1 aromatic rings. The molecule has 23 heavy (non-hydrogen) atoms. The molecule has 2 atom stereocenters. The normalized spacial score (nSPS) is 25.7. The molecule has 1 N–H and O–H groups in total. The van der Waals surface area contributed by atoms with Gasteiger partial charge in [0.2, 0.25) is 0 Å². The number of ether oxygens (including phenoxy) is 1. The van der Waals surface area contributed by atoms with Crippen molar-refractivity contribution in [3.8, 4) is 0 Å². The Morgan fingerprint density at radius 3 is 2.61 bits per heavy atom. The van der Waals surface area contributed by atoms with Gasteiger partial charge in [-0.15, -0.1) is 0 Å². The van der Waals surface area contributed by atoms with Crippen molar-refractivity contribution in [2.75, 3.05) is 26.3 Å². The van der Waals surface area contributed by atoms with Crippen LogP contribution in [-0.2, 0) is 4.74 Å². The Morgan fingerprint density at radius 1 is 1.30 bits per heavy atom. The van der Waals surface area contributed by atoms with Crippen LogP contribution in [0.3, 0.4) is 0 Å². The first-order valence-electron chi connectivity index (χ1n) is 7.76. The molecule has 3 rings (SSSR count). The number of nitrogens with zero attached hydrogens (tertiary/aromatic N) is 2. The molecule has 0 bridgehead atoms. The molecule has 2 saturated heterocycles. The summed E-state index contributed by atoms with van der Waals surface area (Å²) < 4.78 is 5.93. The van der Waals surface area contributed by atoms with Crippen molar-refractivity contribution in [2.45, 2.75) is 25.1 Å². The van der Waals surface area contributed by atoms with Gasteiger partial charge in [-0.05, 0) is 19.4 Å². The predicted octanol–water partition coefficient (Wildman–Crippen LogP) is 2.72. The van der Waals surface area contributed by atoms with Gasteiger partial charge in [0.1, 0.15) is 4.32 Å². The van der Waals surface area contributed by atoms with Crippen LogP contribution in [0.2, 0.25) is 0 Å². The lowest BCUT2D eigenvalue weighted by Gasteiger charge is -2.30. The van der Waals surface area contributed by atoms with Crippen molar-refractivity contribution in [1.29, 1.82) is 0 Å². The molecule has 2 heterocycles. The summed E-state index contributed by atoms with van der Waals surface area (Å²) in [7, 11) is 0. The molecular weight excluding hydrogens is 330 g/mol. The number of morpholine rings is 1. The van der Waals surface area contributed by atoms with Gasteiger partial charge in [0.15, 0.2) is 0 Å². The van der Waals surface area contributed by atoms with Gasteiger partial charge in [0.05, 0.1) is 24.5 Å². The minimum Gasteiger partial charge on any atom is -0.379 e. The van der Waals surface area contributed by atoms with E-state index in [-0.39, 0.29) is 17.3 Å². The summed E-state index contributed by atoms with van der Waals surface area (Å²) in [6.07, 6.45) is 0. The van der Waals surface area contributed by atoms with E-state index >= 15 is 0 Å². The molecule has 0 aliphatic carbocycles. The highest BCUT2D eigenvalue weighted by Crippen LogP contribution is 2.43. The van der Waals surface area contributed by atoms with Crippen molar-refractivity contribution < 1.29 is 9.53 Å². The number of hydrazine groups is 1. The number of amides is 2. The molecule has 2 fully saturated rings. The third-order valence-electron chi connectivity index (χ3n) is 4.16. The SMILES string of the molecule is Cc1ccc(C2SC(=S)N(C(=O)NN3CCOCC3)C2C)cc1. The van der Waals surface area contributed by atoms with E-state index in [0.29, 0.717) is 30.6 Å². The molecule has 0 aromatic heterocycles. The zero-order chi connectivity index (χ0) is 16.4. The van der Waals surface area contributed by atoms with Gasteiger partial charge >= 0.3 is 6.03 Å². The fraction of sp³-hybridized carbons (Fsp3) is 0.500. The van der Waals surface area contributed by atoms with Gasteiger partial charge in [-0.2, -0.15) is 0 Å². The lowest BCUT2D eigenvalue weighted by Crippen LogP contribution is -2.54. The Morgan fingerprint density at radius 2 is 1.96 bits per heavy atom. The Balaban J connectivity index is 1.69. The topological polar surface area (TPSA) is 44.8 Å². The summed E-state index contributed by atoms with van der Waals surface area (Å²) in [6, 6.07) is 8.32. The van der Waals surface area contributed by atoms with Crippen molar-refractivity contribution in [3.63, 3.8) is 0 Å². The number of urea groups is 1. The quantitative estimate of drug-likeness (QED) is 0.830. The summed E-state index contributed by atoms with van der Waals surface area (Å²) in [5.74, 6) is 0. The summed E-state index contributed by atoms with van der Waals surface area (Å²) in [5.41, 5.74) is 5.38. The Bertz CT molecular complexity index is 587. The highest BCUT2D eigenvalue weighted by molar-refractivity contribution is 8.23. The van der Waals surface area contributed by atoms with Crippen LogP contribution >= 0.6 is 24.0 Å². The Hall–Kier alpha value is -1.15. The van der Waals surface area contributed by atoms with Gasteiger partial charge in [0, 0.05) is 13.1 Å². The average Bonchev–Trinajstić information content (AvgIpc) is 2.84. The second-order valence-electron chi connectivity index (χ2n) is 5.84. The molecule has 1 aromatic carbocycles. The number of carbonyl (C=O) groups excluding carboxylic acids is 1. The summed E-state index contributed by atoms with van der Waals surface area (Å²) in [4.78, 5) is 14.3. The van der Waals surface area contributed by atoms with Gasteiger partial charge < -0.3 is 4.74 Å². The molecule has 2 amide bonds. The molecule has 124 valence electrons. The maximum atomic E-state index is 12.6. The smallest absolute Gasteiger partial charge is 0.337 e. The number of nitrogens with one attached hydrogen (secondary N) is 1. The summed E-state index contributed by atoms with van der Waals surface area (Å²) in [5, 5.41) is 2.07. The highest BCUT2D eigenvalue weighted by Gasteiger charge is 2.40. The van der Waals surface area contributed by atoms with Crippen LogP contribution in [0, 0.1) is 6.92 Å². The zero-order valence-corrected chi connectivity index (χ0v) is 15.0. The fourth-order valence-corrected chi connectivity index (χ4v) is 4.55. The van der Waals surface area contributed by atoms with E-state index in [4.69, 9.17) is 17.0 Å². The van der Waals surface area contributed by atoms with Gasteiger partial charge in [-0.1, -0.05) is 53.8 Å². The van der Waals surface area contributed by atoms with Crippen LogP contribution in [0.1, 0.15) is 23.3 Å². The van der Waals surface area contributed by atoms with E-state index in [0.717, 1.165) is 0 Å². The predicted molar refractivity (Wildman–Crippen MR) is 96.3 cm³/mol. The number of hydrogen-bond acceptors (Lipinski definition) is 5. The van der Waals surface area contributed by atoms with Crippen LogP contribution in [0.15, 0.2) is 24.3 Å². The lowest BCUT2D eigenvalue weighted by atomic mass is 10.0.